The molecule has 1 heterocycles. The number of aromatic nitrogens is 1. The van der Waals surface area contributed by atoms with Gasteiger partial charge >= 0.3 is 6.03 Å². The molecule has 0 aliphatic carbocycles. The fraction of sp³-hybridized carbons (Fsp3) is 0.273. The minimum atomic E-state index is -0.105. The van der Waals surface area contributed by atoms with Crippen molar-refractivity contribution in [3.05, 3.63) is 70.4 Å². The lowest BCUT2D eigenvalue weighted by Gasteiger charge is -2.27. The predicted molar refractivity (Wildman–Crippen MR) is 113 cm³/mol. The summed E-state index contributed by atoms with van der Waals surface area (Å²) in [5.41, 5.74) is 3.73. The van der Waals surface area contributed by atoms with Crippen LogP contribution in [-0.2, 0) is 13.1 Å². The van der Waals surface area contributed by atoms with Crippen LogP contribution in [0.15, 0.2) is 48.5 Å². The van der Waals surface area contributed by atoms with E-state index < -0.39 is 0 Å². The number of hydrogen-bond donors (Lipinski definition) is 0. The van der Waals surface area contributed by atoms with Crippen molar-refractivity contribution < 1.29 is 9.53 Å². The number of para-hydroxylation sites is 1. The number of aryl methyl sites for hydroxylation is 1. The number of fused-ring (bicyclic) bond motifs is 1. The lowest BCUT2D eigenvalue weighted by atomic mass is 10.1. The van der Waals surface area contributed by atoms with Crippen molar-refractivity contribution in [2.24, 2.45) is 0 Å². The van der Waals surface area contributed by atoms with E-state index in [-0.39, 0.29) is 6.03 Å². The van der Waals surface area contributed by atoms with Gasteiger partial charge in [0, 0.05) is 30.6 Å². The first kappa shape index (κ1) is 20.0. The van der Waals surface area contributed by atoms with Gasteiger partial charge in [0.2, 0.25) is 0 Å². The van der Waals surface area contributed by atoms with Crippen molar-refractivity contribution >= 4 is 28.5 Å². The molecule has 0 aliphatic rings. The van der Waals surface area contributed by atoms with E-state index in [0.29, 0.717) is 18.2 Å². The van der Waals surface area contributed by atoms with Crippen molar-refractivity contribution in [2.75, 3.05) is 21.2 Å². The zero-order chi connectivity index (χ0) is 20.3. The molecule has 146 valence electrons. The maximum Gasteiger partial charge on any atom is 0.320 e. The topological polar surface area (TPSA) is 45.7 Å². The molecule has 0 unspecified atom stereocenters. The zero-order valence-electron chi connectivity index (χ0n) is 16.6. The molecule has 0 atom stereocenters. The van der Waals surface area contributed by atoms with E-state index in [1.807, 2.05) is 49.4 Å². The fourth-order valence-corrected chi connectivity index (χ4v) is 3.35. The standard InChI is InChI=1S/C22H24ClN3O2/c1-15-9-10-19-17(11-15)12-18(21(23)24-19)14-26(22(27)25(2)3)13-16-7-5-6-8-20(16)28-4/h5-12H,13-14H2,1-4H3. The van der Waals surface area contributed by atoms with Crippen LogP contribution >= 0.6 is 11.6 Å². The molecule has 2 aromatic carbocycles. The van der Waals surface area contributed by atoms with E-state index in [4.69, 9.17) is 16.3 Å². The fourth-order valence-electron chi connectivity index (χ4n) is 3.15. The summed E-state index contributed by atoms with van der Waals surface area (Å²) in [5, 5.41) is 1.42. The molecule has 0 N–H and O–H groups in total. The van der Waals surface area contributed by atoms with Gasteiger partial charge in [-0.25, -0.2) is 9.78 Å². The van der Waals surface area contributed by atoms with Crippen molar-refractivity contribution in [3.63, 3.8) is 0 Å². The second kappa shape index (κ2) is 8.48. The number of amides is 2. The number of rotatable bonds is 5. The molecule has 0 bridgehead atoms. The van der Waals surface area contributed by atoms with Crippen LogP contribution in [0.3, 0.4) is 0 Å². The van der Waals surface area contributed by atoms with Crippen molar-refractivity contribution in [1.29, 1.82) is 0 Å². The Hall–Kier alpha value is -2.79. The number of urea groups is 1. The first-order chi connectivity index (χ1) is 13.4. The van der Waals surface area contributed by atoms with Crippen LogP contribution in [0, 0.1) is 6.92 Å². The van der Waals surface area contributed by atoms with Gasteiger partial charge in [-0.05, 0) is 31.2 Å². The van der Waals surface area contributed by atoms with Gasteiger partial charge in [-0.15, -0.1) is 0 Å². The van der Waals surface area contributed by atoms with Crippen LogP contribution in [0.25, 0.3) is 10.9 Å². The Morgan fingerprint density at radius 1 is 1.07 bits per heavy atom. The minimum absolute atomic E-state index is 0.105. The Kier molecular flexibility index (Phi) is 6.05. The van der Waals surface area contributed by atoms with Crippen molar-refractivity contribution in [1.82, 2.24) is 14.8 Å². The van der Waals surface area contributed by atoms with Gasteiger partial charge < -0.3 is 14.5 Å². The molecule has 0 aliphatic heterocycles. The van der Waals surface area contributed by atoms with Gasteiger partial charge in [-0.2, -0.15) is 0 Å². The summed E-state index contributed by atoms with van der Waals surface area (Å²) >= 11 is 6.45. The van der Waals surface area contributed by atoms with E-state index >= 15 is 0 Å². The number of nitrogens with zero attached hydrogens (tertiary/aromatic N) is 3. The molecular weight excluding hydrogens is 374 g/mol. The summed E-state index contributed by atoms with van der Waals surface area (Å²) < 4.78 is 5.44. The highest BCUT2D eigenvalue weighted by molar-refractivity contribution is 6.30. The van der Waals surface area contributed by atoms with Crippen LogP contribution in [0.4, 0.5) is 4.79 Å². The van der Waals surface area contributed by atoms with Crippen molar-refractivity contribution in [3.8, 4) is 5.75 Å². The molecule has 0 fully saturated rings. The average Bonchev–Trinajstić information content (AvgIpc) is 2.68. The first-order valence-electron chi connectivity index (χ1n) is 9.03. The molecule has 0 saturated carbocycles. The summed E-state index contributed by atoms with van der Waals surface area (Å²) in [4.78, 5) is 20.6. The van der Waals surface area contributed by atoms with Crippen molar-refractivity contribution in [2.45, 2.75) is 20.0 Å². The van der Waals surface area contributed by atoms with E-state index in [1.165, 1.54) is 0 Å². The van der Waals surface area contributed by atoms with Gasteiger partial charge in [0.1, 0.15) is 10.9 Å². The smallest absolute Gasteiger partial charge is 0.320 e. The lowest BCUT2D eigenvalue weighted by Crippen LogP contribution is -2.38. The highest BCUT2D eigenvalue weighted by atomic mass is 35.5. The first-order valence-corrected chi connectivity index (χ1v) is 9.40. The Labute approximate surface area is 170 Å². The Morgan fingerprint density at radius 2 is 1.79 bits per heavy atom. The summed E-state index contributed by atoms with van der Waals surface area (Å²) in [6, 6.07) is 15.6. The SMILES string of the molecule is COc1ccccc1CN(Cc1cc2cc(C)ccc2nc1Cl)C(=O)N(C)C. The Bertz CT molecular complexity index is 1000. The predicted octanol–water partition coefficient (Wildman–Crippen LogP) is 4.89. The monoisotopic (exact) mass is 397 g/mol. The maximum absolute atomic E-state index is 12.8. The third-order valence-corrected chi connectivity index (χ3v) is 4.89. The summed E-state index contributed by atoms with van der Waals surface area (Å²) in [7, 11) is 5.10. The third-order valence-electron chi connectivity index (χ3n) is 4.56. The molecule has 0 saturated heterocycles. The summed E-state index contributed by atoms with van der Waals surface area (Å²) in [6.07, 6.45) is 0. The van der Waals surface area contributed by atoms with Gasteiger partial charge in [0.15, 0.2) is 0 Å². The highest BCUT2D eigenvalue weighted by Gasteiger charge is 2.20. The molecule has 5 nitrogen and oxygen atoms in total. The average molecular weight is 398 g/mol. The van der Waals surface area contributed by atoms with E-state index in [2.05, 4.69) is 11.1 Å². The number of hydrogen-bond acceptors (Lipinski definition) is 3. The van der Waals surface area contributed by atoms with Crippen LogP contribution in [0.5, 0.6) is 5.75 Å². The minimum Gasteiger partial charge on any atom is -0.496 e. The zero-order valence-corrected chi connectivity index (χ0v) is 17.3. The van der Waals surface area contributed by atoms with Gasteiger partial charge in [-0.3, -0.25) is 0 Å². The largest absolute Gasteiger partial charge is 0.496 e. The van der Waals surface area contributed by atoms with Gasteiger partial charge in [0.25, 0.3) is 0 Å². The number of benzene rings is 2. The van der Waals surface area contributed by atoms with Crippen LogP contribution < -0.4 is 4.74 Å². The van der Waals surface area contributed by atoms with E-state index in [9.17, 15) is 4.79 Å². The second-order valence-corrected chi connectivity index (χ2v) is 7.34. The molecule has 6 heteroatoms. The van der Waals surface area contributed by atoms with Gasteiger partial charge in [0.05, 0.1) is 25.7 Å². The number of pyridine rings is 1. The maximum atomic E-state index is 12.8. The number of halogens is 1. The van der Waals surface area contributed by atoms with E-state index in [0.717, 1.165) is 33.3 Å². The number of carbonyl (C=O) groups excluding carboxylic acids is 1. The summed E-state index contributed by atoms with van der Waals surface area (Å²) in [6.45, 7) is 2.80. The highest BCUT2D eigenvalue weighted by Crippen LogP contribution is 2.25. The molecule has 28 heavy (non-hydrogen) atoms. The van der Waals surface area contributed by atoms with Crippen LogP contribution in [0.2, 0.25) is 5.15 Å². The number of methoxy groups -OCH3 is 1. The van der Waals surface area contributed by atoms with E-state index in [1.54, 1.807) is 31.0 Å². The van der Waals surface area contributed by atoms with Crippen LogP contribution in [-0.4, -0.2) is 42.0 Å². The molecule has 0 radical (unpaired) electrons. The number of carbonyl (C=O) groups is 1. The molecule has 2 amide bonds. The molecule has 3 aromatic rings. The molecule has 3 rings (SSSR count). The lowest BCUT2D eigenvalue weighted by molar-refractivity contribution is 0.164. The van der Waals surface area contributed by atoms with Crippen LogP contribution in [0.1, 0.15) is 16.7 Å². The normalized spacial score (nSPS) is 10.8. The number of ether oxygens (including phenoxy) is 1. The third kappa shape index (κ3) is 4.37. The second-order valence-electron chi connectivity index (χ2n) is 6.98. The Balaban J connectivity index is 1.96. The molecule has 0 spiro atoms. The Morgan fingerprint density at radius 3 is 2.50 bits per heavy atom. The quantitative estimate of drug-likeness (QED) is 0.576. The summed E-state index contributed by atoms with van der Waals surface area (Å²) in [5.74, 6) is 0.748. The van der Waals surface area contributed by atoms with Gasteiger partial charge in [-0.1, -0.05) is 41.4 Å². The molecule has 1 aromatic heterocycles. The molecular formula is C22H24ClN3O2.